The van der Waals surface area contributed by atoms with Crippen LogP contribution in [-0.4, -0.2) is 206 Å². The molecule has 11 amide bonds. The number of aliphatic carboxylic acids is 2. The van der Waals surface area contributed by atoms with Crippen molar-refractivity contribution in [3.05, 3.63) is 108 Å². The van der Waals surface area contributed by atoms with Crippen LogP contribution in [0.2, 0.25) is 0 Å². The van der Waals surface area contributed by atoms with Crippen LogP contribution in [0.3, 0.4) is 0 Å². The Morgan fingerprint density at radius 2 is 1.01 bits per heavy atom. The number of rotatable bonds is 43. The molecule has 1 saturated heterocycles. The molecule has 3 aromatic carbocycles. The SMILES string of the molecule is CC[C@H](C)[C@H](NC(=O)[C@@H](NC(=O)[C@H](Cc1c[nH]c2ccccc12)NC(=O)[C@H](CCCCN)NC(=O)CNC(=O)[C@@H]1CCCN1C(=O)[C@@H](NC(=O)[C@H](Cc1c[nH]c2ccccc12)NC(=O)CNC(=O)[C@H](Cc1ccccc1)NC(=O)[C@@H](N)CCC(=O)O)C(C)C)[C@@H](C)O)C(=O)N[C@@H](CCCCN)C(=O)O. The molecule has 0 aliphatic carbocycles. The first kappa shape index (κ1) is 82.6. The van der Waals surface area contributed by atoms with E-state index in [4.69, 9.17) is 22.3 Å². The molecule has 12 atom stereocenters. The van der Waals surface area contributed by atoms with Crippen molar-refractivity contribution in [2.45, 2.75) is 191 Å². The van der Waals surface area contributed by atoms with E-state index in [0.717, 1.165) is 10.9 Å². The van der Waals surface area contributed by atoms with Gasteiger partial charge in [0.1, 0.15) is 54.4 Å². The average Bonchev–Trinajstić information content (AvgIpc) is 1.61. The fraction of sp³-hybridized carbons (Fsp3) is 0.514. The Balaban J connectivity index is 1.14. The van der Waals surface area contributed by atoms with Crippen LogP contribution < -0.4 is 70.4 Å². The number of carbonyl (C=O) groups is 13. The lowest BCUT2D eigenvalue weighted by Gasteiger charge is -2.31. The fourth-order valence-electron chi connectivity index (χ4n) is 12.2. The number of nitrogens with zero attached hydrogens (tertiary/aromatic N) is 1. The normalized spacial score (nSPS) is 16.0. The molecule has 0 saturated carbocycles. The molecule has 6 rings (SSSR count). The highest BCUT2D eigenvalue weighted by Crippen LogP contribution is 2.24. The molecule has 0 unspecified atom stereocenters. The number of aliphatic hydroxyl groups is 1. The van der Waals surface area contributed by atoms with E-state index < -0.39 is 175 Å². The van der Waals surface area contributed by atoms with Crippen LogP contribution in [0, 0.1) is 11.8 Å². The van der Waals surface area contributed by atoms with Crippen molar-refractivity contribution >= 4 is 98.7 Å². The number of nitrogens with one attached hydrogen (secondary N) is 12. The summed E-state index contributed by atoms with van der Waals surface area (Å²) in [6.07, 6.45) is 3.39. The molecule has 32 heteroatoms. The van der Waals surface area contributed by atoms with E-state index in [1.807, 2.05) is 18.2 Å². The molecule has 2 aromatic heterocycles. The molecule has 21 N–H and O–H groups in total. The second-order valence-corrected chi connectivity index (χ2v) is 26.6. The number of aliphatic hydroxyl groups excluding tert-OH is 1. The number of benzene rings is 3. The van der Waals surface area contributed by atoms with Gasteiger partial charge in [0.2, 0.25) is 65.0 Å². The largest absolute Gasteiger partial charge is 0.481 e. The number of hydrogen-bond acceptors (Lipinski definition) is 17. The molecule has 1 fully saturated rings. The van der Waals surface area contributed by atoms with E-state index in [0.29, 0.717) is 72.7 Å². The number of unbranched alkanes of at least 4 members (excludes halogenated alkanes) is 2. The van der Waals surface area contributed by atoms with Gasteiger partial charge < -0.3 is 101 Å². The molecule has 566 valence electrons. The summed E-state index contributed by atoms with van der Waals surface area (Å²) < 4.78 is 0. The topological polar surface area (TPSA) is 516 Å². The Morgan fingerprint density at radius 3 is 1.56 bits per heavy atom. The smallest absolute Gasteiger partial charge is 0.326 e. The first-order chi connectivity index (χ1) is 49.6. The van der Waals surface area contributed by atoms with Crippen LogP contribution >= 0.6 is 0 Å². The van der Waals surface area contributed by atoms with Gasteiger partial charge in [-0.3, -0.25) is 57.5 Å². The molecule has 1 aliphatic rings. The van der Waals surface area contributed by atoms with E-state index in [1.54, 1.807) is 101 Å². The van der Waals surface area contributed by atoms with Gasteiger partial charge in [0.25, 0.3) is 0 Å². The lowest BCUT2D eigenvalue weighted by Crippen LogP contribution is -2.62. The van der Waals surface area contributed by atoms with E-state index in [9.17, 15) is 72.5 Å². The molecule has 5 aromatic rings. The van der Waals surface area contributed by atoms with Gasteiger partial charge in [-0.05, 0) is 118 Å². The van der Waals surface area contributed by atoms with Gasteiger partial charge >= 0.3 is 11.9 Å². The minimum absolute atomic E-state index is 0.000131. The number of nitrogens with two attached hydrogens (primary N) is 3. The highest BCUT2D eigenvalue weighted by atomic mass is 16.4. The number of aromatic amines is 2. The van der Waals surface area contributed by atoms with Gasteiger partial charge in [-0.1, -0.05) is 101 Å². The maximum atomic E-state index is 14.7. The van der Waals surface area contributed by atoms with Gasteiger partial charge in [0, 0.05) is 66.4 Å². The number of amides is 11. The molecule has 32 nitrogen and oxygen atoms in total. The zero-order valence-electron chi connectivity index (χ0n) is 59.4. The van der Waals surface area contributed by atoms with Gasteiger partial charge in [-0.2, -0.15) is 0 Å². The van der Waals surface area contributed by atoms with Gasteiger partial charge in [-0.15, -0.1) is 0 Å². The number of fused-ring (bicyclic) bond motifs is 2. The van der Waals surface area contributed by atoms with Crippen LogP contribution in [0.15, 0.2) is 91.3 Å². The summed E-state index contributed by atoms with van der Waals surface area (Å²) in [4.78, 5) is 186. The zero-order chi connectivity index (χ0) is 76.2. The zero-order valence-corrected chi connectivity index (χ0v) is 59.4. The third-order valence-electron chi connectivity index (χ3n) is 18.3. The van der Waals surface area contributed by atoms with Gasteiger partial charge in [-0.25, -0.2) is 4.79 Å². The van der Waals surface area contributed by atoms with Crippen LogP contribution in [0.1, 0.15) is 122 Å². The molecule has 1 aliphatic heterocycles. The molecule has 0 bridgehead atoms. The molecule has 104 heavy (non-hydrogen) atoms. The third-order valence-corrected chi connectivity index (χ3v) is 18.3. The van der Waals surface area contributed by atoms with Gasteiger partial charge in [0.15, 0.2) is 0 Å². The summed E-state index contributed by atoms with van der Waals surface area (Å²) in [5, 5.41) is 57.7. The van der Waals surface area contributed by atoms with Crippen molar-refractivity contribution in [2.24, 2.45) is 29.0 Å². The van der Waals surface area contributed by atoms with Gasteiger partial charge in [0.05, 0.1) is 25.2 Å². The maximum Gasteiger partial charge on any atom is 0.326 e. The van der Waals surface area contributed by atoms with E-state index in [2.05, 4.69) is 63.1 Å². The number of H-pyrrole nitrogens is 2. The first-order valence-electron chi connectivity index (χ1n) is 35.3. The highest BCUT2D eigenvalue weighted by Gasteiger charge is 2.41. The lowest BCUT2D eigenvalue weighted by molar-refractivity contribution is -0.143. The van der Waals surface area contributed by atoms with Crippen LogP contribution in [0.25, 0.3) is 21.8 Å². The van der Waals surface area contributed by atoms with Crippen molar-refractivity contribution in [1.82, 2.24) is 68.0 Å². The number of carboxylic acids is 2. The molecule has 0 spiro atoms. The Labute approximate surface area is 602 Å². The quantitative estimate of drug-likeness (QED) is 0.0217. The fourth-order valence-corrected chi connectivity index (χ4v) is 12.2. The summed E-state index contributed by atoms with van der Waals surface area (Å²) in [7, 11) is 0. The number of para-hydroxylation sites is 2. The third kappa shape index (κ3) is 24.7. The average molecular weight is 1450 g/mol. The lowest BCUT2D eigenvalue weighted by atomic mass is 9.96. The van der Waals surface area contributed by atoms with E-state index >= 15 is 0 Å². The summed E-state index contributed by atoms with van der Waals surface area (Å²) in [6.45, 7) is 7.25. The minimum atomic E-state index is -1.72. The second-order valence-electron chi connectivity index (χ2n) is 26.6. The Hall–Kier alpha value is -10.3. The van der Waals surface area contributed by atoms with Crippen molar-refractivity contribution in [3.8, 4) is 0 Å². The Kier molecular flexibility index (Phi) is 32.7. The predicted octanol–water partition coefficient (Wildman–Crippen LogP) is -0.604. The molecular formula is C72H102N16O16. The summed E-state index contributed by atoms with van der Waals surface area (Å²) in [5.41, 5.74) is 20.6. The van der Waals surface area contributed by atoms with E-state index in [1.165, 1.54) is 11.8 Å². The first-order valence-corrected chi connectivity index (χ1v) is 35.3. The Bertz CT molecular complexity index is 3770. The van der Waals surface area contributed by atoms with Crippen LogP contribution in [0.5, 0.6) is 0 Å². The maximum absolute atomic E-state index is 14.7. The summed E-state index contributed by atoms with van der Waals surface area (Å²) in [6, 6.07) is 9.59. The number of hydrogen-bond donors (Lipinski definition) is 18. The van der Waals surface area contributed by atoms with Crippen molar-refractivity contribution in [3.63, 3.8) is 0 Å². The van der Waals surface area contributed by atoms with E-state index in [-0.39, 0.29) is 58.0 Å². The minimum Gasteiger partial charge on any atom is -0.481 e. The molecular weight excluding hydrogens is 1340 g/mol. The number of carboxylic acid groups (broad SMARTS) is 2. The molecule has 0 radical (unpaired) electrons. The van der Waals surface area contributed by atoms with Crippen LogP contribution in [-0.2, 0) is 81.6 Å². The van der Waals surface area contributed by atoms with Crippen molar-refractivity contribution < 1.29 is 77.6 Å². The standard InChI is InChI=1S/C72H102N16O16/c1-6-41(4)61(69(100)82-52(72(103)104)26-15-17-31-74)86-70(101)62(42(5)89)87-67(98)55(35-45-37-77-50-24-13-11-22-47(45)50)84-65(96)51(25-14-16-30-73)80-57(90)39-79-68(99)56-27-18-32-88(56)71(102)60(40(2)3)85-66(97)54(34-44-36-76-49-23-12-10-21-46(44)49)81-58(91)38-78-64(95)53(33-43-19-8-7-9-20-43)83-63(94)48(75)28-29-59(92)93/h7-13,19-24,36-37,40-42,48,51-56,60-62,76-77,89H,6,14-18,25-35,38-39,73-75H2,1-5H3,(H,78,95)(H,79,99)(H,80,90)(H,81,91)(H,82,100)(H,83,94)(H,84,96)(H,85,97)(H,86,101)(H,87,98)(H,92,93)(H,103,104)/t41-,42+,48-,51-,52-,53-,54-,55-,56-,60-,61-,62-/m0/s1. The number of aromatic nitrogens is 2. The predicted molar refractivity (Wildman–Crippen MR) is 385 cm³/mol. The summed E-state index contributed by atoms with van der Waals surface area (Å²) >= 11 is 0. The van der Waals surface area contributed by atoms with Crippen LogP contribution in [0.4, 0.5) is 0 Å². The van der Waals surface area contributed by atoms with Crippen molar-refractivity contribution in [1.29, 1.82) is 0 Å². The number of carbonyl (C=O) groups excluding carboxylic acids is 11. The summed E-state index contributed by atoms with van der Waals surface area (Å²) in [5.74, 6) is -12.6. The van der Waals surface area contributed by atoms with Crippen molar-refractivity contribution in [2.75, 3.05) is 32.7 Å². The highest BCUT2D eigenvalue weighted by molar-refractivity contribution is 6.00. The number of likely N-dealkylation sites (tertiary alicyclic amines) is 1. The monoisotopic (exact) mass is 1450 g/mol. The molecule has 3 heterocycles. The second kappa shape index (κ2) is 41.1. The Morgan fingerprint density at radius 1 is 0.529 bits per heavy atom.